The maximum atomic E-state index is 12.6. The summed E-state index contributed by atoms with van der Waals surface area (Å²) in [4.78, 5) is 14.4. The number of halogens is 1. The number of ether oxygens (including phenoxy) is 1. The van der Waals surface area contributed by atoms with Gasteiger partial charge in [-0.05, 0) is 18.2 Å². The predicted octanol–water partition coefficient (Wildman–Crippen LogP) is 1.96. The normalized spacial score (nSPS) is 40.6. The molecule has 2 saturated heterocycles. The zero-order chi connectivity index (χ0) is 12.3. The molecule has 2 bridgehead atoms. The lowest BCUT2D eigenvalue weighted by Crippen LogP contribution is -2.40. The van der Waals surface area contributed by atoms with Gasteiger partial charge in [0.15, 0.2) is 5.60 Å². The highest BCUT2D eigenvalue weighted by atomic mass is 35.5. The highest BCUT2D eigenvalue weighted by Gasteiger charge is 2.65. The summed E-state index contributed by atoms with van der Waals surface area (Å²) < 4.78 is 5.83. The van der Waals surface area contributed by atoms with Gasteiger partial charge in [0.1, 0.15) is 0 Å². The Morgan fingerprint density at radius 3 is 2.83 bits per heavy atom. The van der Waals surface area contributed by atoms with Crippen LogP contribution < -0.4 is 4.90 Å². The maximum Gasteiger partial charge on any atom is 0.263 e. The number of rotatable bonds is 1. The lowest BCUT2D eigenvalue weighted by Gasteiger charge is -2.20. The van der Waals surface area contributed by atoms with E-state index in [4.69, 9.17) is 16.3 Å². The van der Waals surface area contributed by atoms with Crippen molar-refractivity contribution in [2.24, 2.45) is 5.92 Å². The van der Waals surface area contributed by atoms with Gasteiger partial charge in [-0.2, -0.15) is 0 Å². The van der Waals surface area contributed by atoms with Gasteiger partial charge in [-0.3, -0.25) is 4.79 Å². The fraction of sp³-hybridized carbons (Fsp3) is 0.357. The van der Waals surface area contributed by atoms with E-state index in [9.17, 15) is 4.79 Å². The molecule has 3 aliphatic rings. The van der Waals surface area contributed by atoms with Crippen molar-refractivity contribution in [1.82, 2.24) is 0 Å². The monoisotopic (exact) mass is 261 g/mol. The van der Waals surface area contributed by atoms with Gasteiger partial charge in [0.2, 0.25) is 0 Å². The van der Waals surface area contributed by atoms with Crippen LogP contribution in [0.5, 0.6) is 0 Å². The van der Waals surface area contributed by atoms with E-state index in [1.54, 1.807) is 4.90 Å². The van der Waals surface area contributed by atoms with Crippen molar-refractivity contribution in [2.75, 3.05) is 11.4 Å². The zero-order valence-corrected chi connectivity index (χ0v) is 10.4. The molecule has 4 rings (SSSR count). The van der Waals surface area contributed by atoms with Crippen molar-refractivity contribution in [1.29, 1.82) is 0 Å². The second kappa shape index (κ2) is 3.37. The Morgan fingerprint density at radius 2 is 2.11 bits per heavy atom. The van der Waals surface area contributed by atoms with Crippen LogP contribution in [0.1, 0.15) is 0 Å². The van der Waals surface area contributed by atoms with Crippen LogP contribution in [0.2, 0.25) is 0 Å². The first-order chi connectivity index (χ1) is 8.72. The molecule has 0 radical (unpaired) electrons. The lowest BCUT2D eigenvalue weighted by molar-refractivity contribution is -0.132. The molecule has 1 amide bonds. The molecule has 92 valence electrons. The van der Waals surface area contributed by atoms with Crippen molar-refractivity contribution in [3.05, 3.63) is 42.5 Å². The van der Waals surface area contributed by atoms with Crippen molar-refractivity contribution in [3.63, 3.8) is 0 Å². The minimum absolute atomic E-state index is 0.0144. The Bertz CT molecular complexity index is 544. The molecule has 0 aliphatic carbocycles. The first-order valence-corrected chi connectivity index (χ1v) is 6.54. The van der Waals surface area contributed by atoms with Crippen LogP contribution in [0.3, 0.4) is 0 Å². The summed E-state index contributed by atoms with van der Waals surface area (Å²) in [6.45, 7) is 0.637. The van der Waals surface area contributed by atoms with Crippen LogP contribution in [0.15, 0.2) is 42.5 Å². The molecule has 1 aromatic carbocycles. The van der Waals surface area contributed by atoms with Crippen LogP contribution in [-0.2, 0) is 9.53 Å². The first-order valence-electron chi connectivity index (χ1n) is 6.11. The van der Waals surface area contributed by atoms with E-state index >= 15 is 0 Å². The number of nitrogens with zero attached hydrogens (tertiary/aromatic N) is 1. The van der Waals surface area contributed by atoms with E-state index in [1.165, 1.54) is 0 Å². The largest absolute Gasteiger partial charge is 0.352 e. The number of alkyl halides is 1. The van der Waals surface area contributed by atoms with E-state index in [0.29, 0.717) is 6.54 Å². The molecule has 0 aromatic heterocycles. The molecule has 4 atom stereocenters. The summed E-state index contributed by atoms with van der Waals surface area (Å²) in [6.07, 6.45) is 3.71. The zero-order valence-electron chi connectivity index (χ0n) is 9.62. The van der Waals surface area contributed by atoms with Gasteiger partial charge in [-0.1, -0.05) is 24.3 Å². The number of hydrogen-bond donors (Lipinski definition) is 0. The SMILES string of the molecule is O=C1N(c2ccccc2)C[C@H]2[C@@H](Cl)[C@@H]3C=C[C@]12O3. The minimum atomic E-state index is -0.799. The van der Waals surface area contributed by atoms with Gasteiger partial charge in [0.05, 0.1) is 11.5 Å². The molecule has 3 heterocycles. The van der Waals surface area contributed by atoms with Crippen LogP contribution in [0.25, 0.3) is 0 Å². The quantitative estimate of drug-likeness (QED) is 0.571. The number of carbonyl (C=O) groups is 1. The number of para-hydroxylation sites is 1. The van der Waals surface area contributed by atoms with Crippen LogP contribution in [0, 0.1) is 5.92 Å². The smallest absolute Gasteiger partial charge is 0.263 e. The summed E-state index contributed by atoms with van der Waals surface area (Å²) >= 11 is 6.37. The summed E-state index contributed by atoms with van der Waals surface area (Å²) in [5, 5.41) is -0.104. The molecule has 1 spiro atoms. The van der Waals surface area contributed by atoms with Gasteiger partial charge in [-0.25, -0.2) is 0 Å². The van der Waals surface area contributed by atoms with E-state index in [-0.39, 0.29) is 23.3 Å². The van der Waals surface area contributed by atoms with Crippen LogP contribution in [0.4, 0.5) is 5.69 Å². The third kappa shape index (κ3) is 1.11. The number of hydrogen-bond acceptors (Lipinski definition) is 2. The van der Waals surface area contributed by atoms with E-state index in [2.05, 4.69) is 0 Å². The third-order valence-electron chi connectivity index (χ3n) is 4.14. The number of fused-ring (bicyclic) bond motifs is 1. The highest BCUT2D eigenvalue weighted by molar-refractivity contribution is 6.23. The summed E-state index contributed by atoms with van der Waals surface area (Å²) in [7, 11) is 0. The number of anilines is 1. The van der Waals surface area contributed by atoms with Gasteiger partial charge in [0, 0.05) is 18.2 Å². The average molecular weight is 262 g/mol. The highest BCUT2D eigenvalue weighted by Crippen LogP contribution is 2.51. The Morgan fingerprint density at radius 1 is 1.33 bits per heavy atom. The molecule has 0 saturated carbocycles. The standard InChI is InChI=1S/C14H12ClNO2/c15-12-10-8-16(9-4-2-1-3-5-9)13(17)14(10)7-6-11(12)18-14/h1-7,10-12H,8H2/t10-,11-,12+,14+/m0/s1. The van der Waals surface area contributed by atoms with Crippen molar-refractivity contribution < 1.29 is 9.53 Å². The molecule has 4 heteroatoms. The van der Waals surface area contributed by atoms with Crippen LogP contribution >= 0.6 is 11.6 Å². The Kier molecular flexibility index (Phi) is 1.98. The second-order valence-corrected chi connectivity index (χ2v) is 5.54. The molecule has 3 aliphatic heterocycles. The summed E-state index contributed by atoms with van der Waals surface area (Å²) in [5.41, 5.74) is 0.114. The van der Waals surface area contributed by atoms with Gasteiger partial charge >= 0.3 is 0 Å². The fourth-order valence-electron chi connectivity index (χ4n) is 3.23. The number of carbonyl (C=O) groups excluding carboxylic acids is 1. The van der Waals surface area contributed by atoms with E-state index in [1.807, 2.05) is 42.5 Å². The molecule has 2 fully saturated rings. The third-order valence-corrected chi connectivity index (χ3v) is 4.69. The summed E-state index contributed by atoms with van der Waals surface area (Å²) in [5.74, 6) is 0.0717. The Balaban J connectivity index is 1.76. The van der Waals surface area contributed by atoms with Gasteiger partial charge < -0.3 is 9.64 Å². The molecule has 3 nitrogen and oxygen atoms in total. The van der Waals surface area contributed by atoms with E-state index < -0.39 is 5.60 Å². The Hall–Kier alpha value is -1.32. The molecular weight excluding hydrogens is 250 g/mol. The minimum Gasteiger partial charge on any atom is -0.352 e. The molecular formula is C14H12ClNO2. The van der Waals surface area contributed by atoms with E-state index in [0.717, 1.165) is 5.69 Å². The maximum absolute atomic E-state index is 12.6. The first kappa shape index (κ1) is 10.6. The van der Waals surface area contributed by atoms with Crippen LogP contribution in [-0.4, -0.2) is 29.5 Å². The van der Waals surface area contributed by atoms with Crippen molar-refractivity contribution in [3.8, 4) is 0 Å². The molecule has 18 heavy (non-hydrogen) atoms. The van der Waals surface area contributed by atoms with Crippen molar-refractivity contribution in [2.45, 2.75) is 17.1 Å². The predicted molar refractivity (Wildman–Crippen MR) is 68.7 cm³/mol. The molecule has 0 N–H and O–H groups in total. The average Bonchev–Trinajstić information content (AvgIpc) is 3.03. The lowest BCUT2D eigenvalue weighted by atomic mass is 9.85. The summed E-state index contributed by atoms with van der Waals surface area (Å²) in [6, 6.07) is 9.68. The molecule has 1 aromatic rings. The Labute approximate surface area is 110 Å². The second-order valence-electron chi connectivity index (χ2n) is 5.04. The molecule has 0 unspecified atom stereocenters. The fourth-order valence-corrected chi connectivity index (χ4v) is 3.63. The number of benzene rings is 1. The van der Waals surface area contributed by atoms with Gasteiger partial charge in [0.25, 0.3) is 5.91 Å². The van der Waals surface area contributed by atoms with Gasteiger partial charge in [-0.15, -0.1) is 11.6 Å². The topological polar surface area (TPSA) is 29.5 Å². The van der Waals surface area contributed by atoms with Crippen molar-refractivity contribution >= 4 is 23.2 Å². The number of amides is 1.